The van der Waals surface area contributed by atoms with Gasteiger partial charge in [0.15, 0.2) is 8.80 Å². The minimum absolute atomic E-state index is 1.11. The van der Waals surface area contributed by atoms with Gasteiger partial charge in [-0.05, 0) is 114 Å². The Hall–Kier alpha value is -7.30. The Bertz CT molecular complexity index is 3390. The number of para-hydroxylation sites is 1. The van der Waals surface area contributed by atoms with Crippen LogP contribution in [0.4, 0.5) is 17.1 Å². The van der Waals surface area contributed by atoms with Gasteiger partial charge in [-0.3, -0.25) is 0 Å². The fourth-order valence-electron chi connectivity index (χ4n) is 9.64. The van der Waals surface area contributed by atoms with Gasteiger partial charge in [-0.15, -0.1) is 11.3 Å². The summed E-state index contributed by atoms with van der Waals surface area (Å²) in [5, 5.41) is 9.83. The maximum atomic E-state index is 2.43. The summed E-state index contributed by atoms with van der Waals surface area (Å²) in [7, 11) is -1.15. The highest BCUT2D eigenvalue weighted by Crippen LogP contribution is 2.47. The first-order valence-corrected chi connectivity index (χ1v) is 23.2. The first-order chi connectivity index (χ1) is 30.3. The average Bonchev–Trinajstić information content (AvgIpc) is 3.89. The molecule has 3 heteroatoms. The molecule has 0 bridgehead atoms. The summed E-state index contributed by atoms with van der Waals surface area (Å²) in [6, 6.07) is 84.9. The number of hydrogen-bond acceptors (Lipinski definition) is 2. The van der Waals surface area contributed by atoms with Crippen LogP contribution in [0, 0.1) is 0 Å². The summed E-state index contributed by atoms with van der Waals surface area (Å²) in [5.74, 6) is 0. The summed E-state index contributed by atoms with van der Waals surface area (Å²) in [4.78, 5) is 2.36. The second kappa shape index (κ2) is 14.8. The van der Waals surface area contributed by atoms with E-state index in [-0.39, 0.29) is 0 Å². The summed E-state index contributed by atoms with van der Waals surface area (Å²) in [6.07, 6.45) is 0. The lowest BCUT2D eigenvalue weighted by molar-refractivity contribution is 1.28. The molecule has 1 aliphatic heterocycles. The van der Waals surface area contributed by atoms with Crippen molar-refractivity contribution in [1.29, 1.82) is 0 Å². The van der Waals surface area contributed by atoms with Gasteiger partial charge >= 0.3 is 0 Å². The first kappa shape index (κ1) is 35.6. The van der Waals surface area contributed by atoms with Crippen LogP contribution < -0.4 is 20.5 Å². The Balaban J connectivity index is 0.979. The van der Waals surface area contributed by atoms with E-state index in [9.17, 15) is 0 Å². The highest BCUT2D eigenvalue weighted by molar-refractivity contribution is 7.26. The Kier molecular flexibility index (Phi) is 8.62. The molecule has 0 spiro atoms. The van der Waals surface area contributed by atoms with E-state index < -0.39 is 8.80 Å². The molecule has 0 unspecified atom stereocenters. The Labute approximate surface area is 361 Å². The monoisotopic (exact) mass is 808 g/mol. The molecule has 1 aromatic heterocycles. The van der Waals surface area contributed by atoms with E-state index in [1.165, 1.54) is 91.0 Å². The van der Waals surface area contributed by atoms with Crippen molar-refractivity contribution in [2.45, 2.75) is 0 Å². The van der Waals surface area contributed by atoms with Crippen molar-refractivity contribution >= 4 is 83.7 Å². The lowest BCUT2D eigenvalue weighted by Gasteiger charge is -2.26. The van der Waals surface area contributed by atoms with Crippen LogP contribution >= 0.6 is 11.3 Å². The number of rotatable bonds is 7. The number of hydrogen-bond donors (Lipinski definition) is 0. The minimum Gasteiger partial charge on any atom is -0.311 e. The summed E-state index contributed by atoms with van der Waals surface area (Å²) in [5.41, 5.74) is 13.5. The van der Waals surface area contributed by atoms with Gasteiger partial charge in [0.25, 0.3) is 0 Å². The third kappa shape index (κ3) is 5.96. The molecule has 12 rings (SSSR count). The van der Waals surface area contributed by atoms with Crippen molar-refractivity contribution in [1.82, 2.24) is 0 Å². The molecule has 61 heavy (non-hydrogen) atoms. The van der Waals surface area contributed by atoms with Crippen LogP contribution in [0.25, 0.3) is 75.5 Å². The maximum Gasteiger partial charge on any atom is 0.156 e. The van der Waals surface area contributed by atoms with Gasteiger partial charge in [0.1, 0.15) is 0 Å². The van der Waals surface area contributed by atoms with Crippen LogP contribution in [0.5, 0.6) is 0 Å². The second-order valence-electron chi connectivity index (χ2n) is 15.8. The molecule has 1 aliphatic rings. The zero-order valence-electron chi connectivity index (χ0n) is 33.3. The van der Waals surface area contributed by atoms with Gasteiger partial charge < -0.3 is 4.90 Å². The summed E-state index contributed by atoms with van der Waals surface area (Å²) < 4.78 is 2.66. The molecule has 10 aromatic carbocycles. The van der Waals surface area contributed by atoms with Crippen LogP contribution in [-0.2, 0) is 0 Å². The average molecular weight is 809 g/mol. The Morgan fingerprint density at radius 1 is 0.311 bits per heavy atom. The van der Waals surface area contributed by atoms with Crippen LogP contribution in [0.15, 0.2) is 231 Å². The number of nitrogens with zero attached hydrogens (tertiary/aromatic N) is 1. The van der Waals surface area contributed by atoms with Crippen molar-refractivity contribution in [2.24, 2.45) is 0 Å². The van der Waals surface area contributed by atoms with Gasteiger partial charge in [-0.25, -0.2) is 0 Å². The molecule has 1 nitrogen and oxygen atoms in total. The molecule has 0 amide bonds. The summed E-state index contributed by atoms with van der Waals surface area (Å²) in [6.45, 7) is 0. The molecular weight excluding hydrogens is 771 g/mol. The lowest BCUT2D eigenvalue weighted by atomic mass is 9.92. The predicted octanol–water partition coefficient (Wildman–Crippen LogP) is 14.2. The molecule has 285 valence electrons. The zero-order chi connectivity index (χ0) is 40.3. The van der Waals surface area contributed by atoms with Crippen molar-refractivity contribution in [3.8, 4) is 44.5 Å². The molecule has 0 N–H and O–H groups in total. The highest BCUT2D eigenvalue weighted by Gasteiger charge is 2.33. The topological polar surface area (TPSA) is 3.24 Å². The van der Waals surface area contributed by atoms with Crippen LogP contribution in [0.3, 0.4) is 0 Å². The Morgan fingerprint density at radius 3 is 1.51 bits per heavy atom. The molecule has 1 radical (unpaired) electrons. The molecule has 0 fully saturated rings. The standard InChI is InChI=1S/C58H38NSSi/c1-4-15-39(16-5-1)47-21-10-11-22-48(47)40-27-33-44(34-28-40)59(43-17-6-2-7-18-43)45-35-29-41(30-36-45)49-24-14-25-51-56(49)58-52(60-51)37-31-42-32-38-54-57(55(42)58)50-23-12-13-26-53(50)61(54)46-19-8-3-9-20-46/h1-38H. The van der Waals surface area contributed by atoms with E-state index in [2.05, 4.69) is 235 Å². The minimum atomic E-state index is -1.15. The maximum absolute atomic E-state index is 2.43. The van der Waals surface area contributed by atoms with E-state index in [0.717, 1.165) is 17.1 Å². The SMILES string of the molecule is c1ccc(-c2ccccc2-c2ccc(N(c3ccccc3)c3ccc(-c4cccc5sc6ccc7ccc8c(c7c6c45)-c4ccccc4[Si]8c4ccccc4)cc3)cc2)cc1. The molecule has 2 heterocycles. The van der Waals surface area contributed by atoms with E-state index in [0.29, 0.717) is 0 Å². The van der Waals surface area contributed by atoms with Gasteiger partial charge in [0.05, 0.1) is 0 Å². The van der Waals surface area contributed by atoms with Crippen LogP contribution in [0.2, 0.25) is 0 Å². The van der Waals surface area contributed by atoms with Crippen molar-refractivity contribution in [3.63, 3.8) is 0 Å². The van der Waals surface area contributed by atoms with E-state index in [4.69, 9.17) is 0 Å². The second-order valence-corrected chi connectivity index (χ2v) is 19.3. The molecule has 11 aromatic rings. The summed E-state index contributed by atoms with van der Waals surface area (Å²) >= 11 is 1.91. The molecular formula is C58H38NSSi. The van der Waals surface area contributed by atoms with Gasteiger partial charge in [0.2, 0.25) is 0 Å². The van der Waals surface area contributed by atoms with Crippen molar-refractivity contribution < 1.29 is 0 Å². The van der Waals surface area contributed by atoms with Gasteiger partial charge in [-0.1, -0.05) is 187 Å². The molecule has 0 saturated heterocycles. The smallest absolute Gasteiger partial charge is 0.156 e. The number of fused-ring (bicyclic) bond motifs is 9. The van der Waals surface area contributed by atoms with Crippen LogP contribution in [0.1, 0.15) is 0 Å². The Morgan fingerprint density at radius 2 is 0.820 bits per heavy atom. The van der Waals surface area contributed by atoms with Crippen molar-refractivity contribution in [3.05, 3.63) is 231 Å². The van der Waals surface area contributed by atoms with E-state index in [1.807, 2.05) is 11.3 Å². The van der Waals surface area contributed by atoms with Gasteiger partial charge in [-0.2, -0.15) is 0 Å². The highest BCUT2D eigenvalue weighted by atomic mass is 32.1. The van der Waals surface area contributed by atoms with Gasteiger partial charge in [0, 0.05) is 37.2 Å². The fraction of sp³-hybridized carbons (Fsp3) is 0. The number of thiophene rings is 1. The third-order valence-corrected chi connectivity index (χ3v) is 16.3. The molecule has 0 aliphatic carbocycles. The van der Waals surface area contributed by atoms with Crippen molar-refractivity contribution in [2.75, 3.05) is 4.90 Å². The largest absolute Gasteiger partial charge is 0.311 e. The van der Waals surface area contributed by atoms with Crippen LogP contribution in [-0.4, -0.2) is 8.80 Å². The quantitative estimate of drug-likeness (QED) is 0.145. The lowest BCUT2D eigenvalue weighted by Crippen LogP contribution is -2.48. The zero-order valence-corrected chi connectivity index (χ0v) is 35.1. The molecule has 0 saturated carbocycles. The number of anilines is 3. The fourth-order valence-corrected chi connectivity index (χ4v) is 13.7. The first-order valence-electron chi connectivity index (χ1n) is 20.9. The normalized spacial score (nSPS) is 12.2. The third-order valence-electron chi connectivity index (χ3n) is 12.3. The van der Waals surface area contributed by atoms with E-state index in [1.54, 1.807) is 0 Å². The molecule has 0 atom stereocenters. The van der Waals surface area contributed by atoms with E-state index >= 15 is 0 Å². The number of benzene rings is 10. The predicted molar refractivity (Wildman–Crippen MR) is 264 cm³/mol.